The van der Waals surface area contributed by atoms with Crippen molar-refractivity contribution in [3.05, 3.63) is 24.3 Å². The molecule has 0 bridgehead atoms. The van der Waals surface area contributed by atoms with Gasteiger partial charge in [0.25, 0.3) is 0 Å². The second-order valence-corrected chi connectivity index (χ2v) is 24.2. The number of nitrogens with one attached hydrogen (secondary N) is 1. The van der Waals surface area contributed by atoms with Gasteiger partial charge in [-0.1, -0.05) is 346 Å². The Morgan fingerprint density at radius 3 is 0.789 bits per heavy atom. The second-order valence-electron chi connectivity index (χ2n) is 24.2. The van der Waals surface area contributed by atoms with Crippen LogP contribution in [0.3, 0.4) is 0 Å². The molecular formula is C70H137NO5. The molecule has 4 unspecified atom stereocenters. The Kier molecular flexibility index (Phi) is 63.6. The Bertz CT molecular complexity index is 1160. The van der Waals surface area contributed by atoms with E-state index in [4.69, 9.17) is 0 Å². The first-order valence-electron chi connectivity index (χ1n) is 34.7. The summed E-state index contributed by atoms with van der Waals surface area (Å²) in [5.41, 5.74) is 0. The van der Waals surface area contributed by atoms with Crippen molar-refractivity contribution in [2.24, 2.45) is 0 Å². The summed E-state index contributed by atoms with van der Waals surface area (Å²) in [7, 11) is 0. The van der Waals surface area contributed by atoms with Gasteiger partial charge in [-0.2, -0.15) is 0 Å². The highest BCUT2D eigenvalue weighted by Crippen LogP contribution is 2.19. The van der Waals surface area contributed by atoms with Gasteiger partial charge in [-0.15, -0.1) is 0 Å². The summed E-state index contributed by atoms with van der Waals surface area (Å²) in [4.78, 5) is 12.7. The van der Waals surface area contributed by atoms with Crippen LogP contribution in [0.15, 0.2) is 24.3 Å². The van der Waals surface area contributed by atoms with Crippen molar-refractivity contribution < 1.29 is 25.2 Å². The number of rotatable bonds is 65. The Hall–Kier alpha value is -1.21. The van der Waals surface area contributed by atoms with Gasteiger partial charge in [0.1, 0.15) is 12.2 Å². The summed E-state index contributed by atoms with van der Waals surface area (Å²) in [6.07, 6.45) is 81.7. The Balaban J connectivity index is 3.54. The number of aliphatic hydroxyl groups excluding tert-OH is 4. The zero-order chi connectivity index (χ0) is 55.1. The minimum Gasteiger partial charge on any atom is -0.394 e. The maximum Gasteiger partial charge on any atom is 0.249 e. The largest absolute Gasteiger partial charge is 0.394 e. The molecule has 4 atom stereocenters. The topological polar surface area (TPSA) is 110 Å². The Morgan fingerprint density at radius 2 is 0.539 bits per heavy atom. The average Bonchev–Trinajstić information content (AvgIpc) is 3.42. The van der Waals surface area contributed by atoms with Gasteiger partial charge < -0.3 is 25.7 Å². The number of unbranched alkanes of at least 4 members (excludes halogenated alkanes) is 52. The van der Waals surface area contributed by atoms with Crippen LogP contribution in [0.5, 0.6) is 0 Å². The maximum atomic E-state index is 12.7. The number of allylic oxidation sites excluding steroid dienone is 4. The lowest BCUT2D eigenvalue weighted by Crippen LogP contribution is -2.53. The van der Waals surface area contributed by atoms with Crippen molar-refractivity contribution in [3.63, 3.8) is 0 Å². The molecule has 0 aliphatic rings. The quantitative estimate of drug-likeness (QED) is 0.0308. The van der Waals surface area contributed by atoms with E-state index in [0.29, 0.717) is 12.8 Å². The van der Waals surface area contributed by atoms with Crippen LogP contribution in [0, 0.1) is 0 Å². The summed E-state index contributed by atoms with van der Waals surface area (Å²) in [5.74, 6) is -0.586. The summed E-state index contributed by atoms with van der Waals surface area (Å²) in [6.45, 7) is 4.10. The van der Waals surface area contributed by atoms with E-state index >= 15 is 0 Å². The van der Waals surface area contributed by atoms with Crippen LogP contribution >= 0.6 is 0 Å². The van der Waals surface area contributed by atoms with E-state index in [0.717, 1.165) is 38.5 Å². The van der Waals surface area contributed by atoms with E-state index in [2.05, 4.69) is 43.5 Å². The predicted octanol–water partition coefficient (Wildman–Crippen LogP) is 21.3. The first-order chi connectivity index (χ1) is 37.5. The van der Waals surface area contributed by atoms with Crippen molar-refractivity contribution in [2.45, 2.75) is 411 Å². The molecule has 0 fully saturated rings. The highest BCUT2D eigenvalue weighted by atomic mass is 16.3. The fraction of sp³-hybridized carbons (Fsp3) is 0.929. The zero-order valence-electron chi connectivity index (χ0n) is 51.5. The first-order valence-corrected chi connectivity index (χ1v) is 34.7. The zero-order valence-corrected chi connectivity index (χ0v) is 51.5. The minimum absolute atomic E-state index is 0.367. The molecule has 6 nitrogen and oxygen atoms in total. The van der Waals surface area contributed by atoms with E-state index in [1.54, 1.807) is 0 Å². The van der Waals surface area contributed by atoms with Gasteiger partial charge in [0.2, 0.25) is 5.91 Å². The lowest BCUT2D eigenvalue weighted by Gasteiger charge is -2.27. The van der Waals surface area contributed by atoms with Crippen LogP contribution in [-0.4, -0.2) is 57.3 Å². The van der Waals surface area contributed by atoms with Crippen molar-refractivity contribution in [1.29, 1.82) is 0 Å². The monoisotopic (exact) mass is 1070 g/mol. The molecule has 0 saturated carbocycles. The van der Waals surface area contributed by atoms with Gasteiger partial charge in [-0.3, -0.25) is 4.79 Å². The molecule has 0 aromatic carbocycles. The summed E-state index contributed by atoms with van der Waals surface area (Å²) in [5, 5.41) is 44.2. The van der Waals surface area contributed by atoms with Gasteiger partial charge in [-0.25, -0.2) is 0 Å². The van der Waals surface area contributed by atoms with E-state index in [1.165, 1.54) is 321 Å². The number of amides is 1. The van der Waals surface area contributed by atoms with Crippen LogP contribution in [0.2, 0.25) is 0 Å². The molecule has 0 heterocycles. The third-order valence-corrected chi connectivity index (χ3v) is 16.6. The van der Waals surface area contributed by atoms with Gasteiger partial charge in [-0.05, 0) is 64.2 Å². The molecule has 1 amide bonds. The molecule has 0 aliphatic heterocycles. The third-order valence-electron chi connectivity index (χ3n) is 16.6. The van der Waals surface area contributed by atoms with E-state index in [9.17, 15) is 25.2 Å². The molecular weight excluding hydrogens is 935 g/mol. The molecule has 452 valence electrons. The highest BCUT2D eigenvalue weighted by molar-refractivity contribution is 5.80. The van der Waals surface area contributed by atoms with Gasteiger partial charge in [0.15, 0.2) is 0 Å². The SMILES string of the molecule is CCCCCCCCCCCCCCCCCC/C=C\CCCCCCCCCCCCCCCCCCC(O)C(=O)NC(CO)C(O)C(O)CCC/C=C/CCCCCCCCCCCCCCCCCCCCC. The Labute approximate surface area is 475 Å². The average molecular weight is 1070 g/mol. The number of aliphatic hydroxyl groups is 4. The highest BCUT2D eigenvalue weighted by Gasteiger charge is 2.28. The predicted molar refractivity (Wildman–Crippen MR) is 334 cm³/mol. The molecule has 0 aromatic heterocycles. The minimum atomic E-state index is -1.28. The molecule has 0 spiro atoms. The van der Waals surface area contributed by atoms with Crippen molar-refractivity contribution >= 4 is 5.91 Å². The number of carbonyl (C=O) groups is 1. The van der Waals surface area contributed by atoms with Crippen molar-refractivity contribution in [1.82, 2.24) is 5.32 Å². The standard InChI is InChI=1S/C70H137NO5/c1-3-5-7-9-11-13-15-17-19-21-23-25-27-29-30-31-32-33-34-35-36-37-38-39-40-42-44-46-48-50-52-54-56-58-60-62-64-68(74)70(76)71-66(65-72)69(75)67(73)63-61-59-57-55-53-51-49-47-45-43-41-28-26-24-22-20-18-16-14-12-10-8-6-4-2/h33-34,55,57,66-69,72-75H,3-32,35-54,56,58-65H2,1-2H3,(H,71,76)/b34-33-,57-55+. The molecule has 5 N–H and O–H groups in total. The lowest BCUT2D eigenvalue weighted by molar-refractivity contribution is -0.132. The van der Waals surface area contributed by atoms with Gasteiger partial charge >= 0.3 is 0 Å². The van der Waals surface area contributed by atoms with Crippen LogP contribution in [0.4, 0.5) is 0 Å². The lowest BCUT2D eigenvalue weighted by atomic mass is 10.00. The van der Waals surface area contributed by atoms with E-state index < -0.39 is 36.9 Å². The normalized spacial score (nSPS) is 13.6. The van der Waals surface area contributed by atoms with E-state index in [1.807, 2.05) is 0 Å². The second kappa shape index (κ2) is 64.6. The summed E-state index contributed by atoms with van der Waals surface area (Å²) in [6, 6.07) is -1.00. The molecule has 0 aromatic rings. The number of hydrogen-bond acceptors (Lipinski definition) is 5. The maximum absolute atomic E-state index is 12.7. The van der Waals surface area contributed by atoms with Gasteiger partial charge in [0.05, 0.1) is 18.8 Å². The van der Waals surface area contributed by atoms with Crippen LogP contribution in [0.1, 0.15) is 386 Å². The number of carbonyl (C=O) groups excluding carboxylic acids is 1. The van der Waals surface area contributed by atoms with Gasteiger partial charge in [0, 0.05) is 0 Å². The molecule has 76 heavy (non-hydrogen) atoms. The number of hydrogen-bond donors (Lipinski definition) is 5. The van der Waals surface area contributed by atoms with Crippen molar-refractivity contribution in [2.75, 3.05) is 6.61 Å². The van der Waals surface area contributed by atoms with Crippen molar-refractivity contribution in [3.8, 4) is 0 Å². The smallest absolute Gasteiger partial charge is 0.249 e. The Morgan fingerprint density at radius 1 is 0.316 bits per heavy atom. The molecule has 0 aliphatic carbocycles. The first kappa shape index (κ1) is 74.8. The summed E-state index contributed by atoms with van der Waals surface area (Å²) >= 11 is 0. The summed E-state index contributed by atoms with van der Waals surface area (Å²) < 4.78 is 0. The van der Waals surface area contributed by atoms with Crippen LogP contribution < -0.4 is 5.32 Å². The molecule has 0 rings (SSSR count). The van der Waals surface area contributed by atoms with Crippen LogP contribution in [-0.2, 0) is 4.79 Å². The molecule has 6 heteroatoms. The van der Waals surface area contributed by atoms with E-state index in [-0.39, 0.29) is 0 Å². The van der Waals surface area contributed by atoms with Crippen LogP contribution in [0.25, 0.3) is 0 Å². The third kappa shape index (κ3) is 57.5. The molecule has 0 saturated heterocycles. The fourth-order valence-corrected chi connectivity index (χ4v) is 11.2. The fourth-order valence-electron chi connectivity index (χ4n) is 11.2. The molecule has 0 radical (unpaired) electrons.